The van der Waals surface area contributed by atoms with Gasteiger partial charge in [0.1, 0.15) is 23.4 Å². The zero-order chi connectivity index (χ0) is 24.1. The molecule has 1 saturated carbocycles. The van der Waals surface area contributed by atoms with E-state index < -0.39 is 0 Å². The van der Waals surface area contributed by atoms with E-state index >= 15 is 0 Å². The Bertz CT molecular complexity index is 1070. The third-order valence-corrected chi connectivity index (χ3v) is 7.05. The summed E-state index contributed by atoms with van der Waals surface area (Å²) in [6.45, 7) is 1.87. The van der Waals surface area contributed by atoms with Crippen molar-refractivity contribution in [3.63, 3.8) is 0 Å². The molecule has 1 aromatic heterocycles. The number of aromatic nitrogens is 1. The predicted octanol–water partition coefficient (Wildman–Crippen LogP) is 2.79. The summed E-state index contributed by atoms with van der Waals surface area (Å²) in [4.78, 5) is 25.8. The van der Waals surface area contributed by atoms with Gasteiger partial charge in [-0.2, -0.15) is 0 Å². The van der Waals surface area contributed by atoms with Crippen molar-refractivity contribution in [1.82, 2.24) is 4.98 Å². The SMILES string of the molecule is CC(O/N=C(\C=O)c1csc(N)n1)C1CCc2cc(C(N)=NC3CCCC(N)CC3)ccc2O1. The van der Waals surface area contributed by atoms with Crippen LogP contribution < -0.4 is 21.9 Å². The molecule has 0 amide bonds. The Hall–Kier alpha value is -2.98. The normalized spacial score (nSPS) is 24.5. The van der Waals surface area contributed by atoms with E-state index in [2.05, 4.69) is 16.2 Å². The monoisotopic (exact) mass is 484 g/mol. The quantitative estimate of drug-likeness (QED) is 0.180. The van der Waals surface area contributed by atoms with Gasteiger partial charge in [0.2, 0.25) is 0 Å². The van der Waals surface area contributed by atoms with Crippen LogP contribution in [0.1, 0.15) is 62.3 Å². The van der Waals surface area contributed by atoms with E-state index in [0.717, 1.165) is 61.8 Å². The second kappa shape index (κ2) is 11.0. The number of nitrogens with zero attached hydrogens (tertiary/aromatic N) is 3. The Balaban J connectivity index is 1.38. The van der Waals surface area contributed by atoms with E-state index in [0.29, 0.717) is 22.9 Å². The first-order valence-corrected chi connectivity index (χ1v) is 12.6. The maximum Gasteiger partial charge on any atom is 0.180 e. The Morgan fingerprint density at radius 1 is 1.29 bits per heavy atom. The molecule has 34 heavy (non-hydrogen) atoms. The maximum atomic E-state index is 11.4. The number of hydrogen-bond acceptors (Lipinski definition) is 9. The van der Waals surface area contributed by atoms with Crippen LogP contribution in [-0.4, -0.2) is 47.1 Å². The fraction of sp³-hybridized carbons (Fsp3) is 0.500. The summed E-state index contributed by atoms with van der Waals surface area (Å²) in [7, 11) is 0. The fourth-order valence-corrected chi connectivity index (χ4v) is 4.91. The summed E-state index contributed by atoms with van der Waals surface area (Å²) in [5.41, 5.74) is 20.6. The molecule has 1 aliphatic carbocycles. The number of carbonyl (C=O) groups excluding carboxylic acids is 1. The lowest BCUT2D eigenvalue weighted by Gasteiger charge is -2.29. The Labute approximate surface area is 203 Å². The van der Waals surface area contributed by atoms with Gasteiger partial charge in [0, 0.05) is 17.0 Å². The molecule has 182 valence electrons. The number of thiazole rings is 1. The van der Waals surface area contributed by atoms with Crippen LogP contribution in [0.15, 0.2) is 33.7 Å². The molecule has 6 N–H and O–H groups in total. The highest BCUT2D eigenvalue weighted by atomic mass is 32.1. The average Bonchev–Trinajstić information content (AvgIpc) is 3.16. The number of nitrogen functional groups attached to an aromatic ring is 1. The van der Waals surface area contributed by atoms with Crippen LogP contribution in [-0.2, 0) is 16.1 Å². The molecular weight excluding hydrogens is 452 g/mol. The summed E-state index contributed by atoms with van der Waals surface area (Å²) in [5, 5.41) is 6.01. The minimum atomic E-state index is -0.355. The Morgan fingerprint density at radius 2 is 2.15 bits per heavy atom. The first kappa shape index (κ1) is 24.2. The number of carbonyl (C=O) groups is 1. The lowest BCUT2D eigenvalue weighted by molar-refractivity contribution is -0.103. The van der Waals surface area contributed by atoms with Gasteiger partial charge in [0.05, 0.1) is 6.04 Å². The maximum absolute atomic E-state index is 11.4. The summed E-state index contributed by atoms with van der Waals surface area (Å²) < 4.78 is 6.17. The molecule has 0 bridgehead atoms. The minimum absolute atomic E-state index is 0.103. The second-order valence-electron chi connectivity index (χ2n) is 8.93. The summed E-state index contributed by atoms with van der Waals surface area (Å²) in [5.74, 6) is 1.37. The molecular formula is C24H32N6O3S. The van der Waals surface area contributed by atoms with Gasteiger partial charge in [0.15, 0.2) is 23.2 Å². The van der Waals surface area contributed by atoms with Crippen molar-refractivity contribution >= 4 is 34.3 Å². The second-order valence-corrected chi connectivity index (χ2v) is 9.82. The van der Waals surface area contributed by atoms with Gasteiger partial charge in [-0.25, -0.2) is 4.98 Å². The van der Waals surface area contributed by atoms with Gasteiger partial charge in [-0.15, -0.1) is 11.3 Å². The molecule has 1 fully saturated rings. The van der Waals surface area contributed by atoms with Gasteiger partial charge in [-0.1, -0.05) is 5.16 Å². The number of hydrogen-bond donors (Lipinski definition) is 3. The molecule has 9 nitrogen and oxygen atoms in total. The number of oxime groups is 1. The highest BCUT2D eigenvalue weighted by Crippen LogP contribution is 2.30. The molecule has 2 heterocycles. The zero-order valence-electron chi connectivity index (χ0n) is 19.4. The van der Waals surface area contributed by atoms with Crippen LogP contribution in [0.5, 0.6) is 5.75 Å². The number of anilines is 1. The van der Waals surface area contributed by atoms with Crippen molar-refractivity contribution in [2.24, 2.45) is 21.6 Å². The van der Waals surface area contributed by atoms with Crippen molar-refractivity contribution in [3.05, 3.63) is 40.4 Å². The summed E-state index contributed by atoms with van der Waals surface area (Å²) in [6.07, 6.45) is 6.80. The van der Waals surface area contributed by atoms with Crippen molar-refractivity contribution in [1.29, 1.82) is 0 Å². The molecule has 0 saturated heterocycles. The lowest BCUT2D eigenvalue weighted by Crippen LogP contribution is -2.34. The number of rotatable bonds is 7. The van der Waals surface area contributed by atoms with Gasteiger partial charge in [-0.05, 0) is 75.6 Å². The van der Waals surface area contributed by atoms with Crippen molar-refractivity contribution in [3.8, 4) is 5.75 Å². The Morgan fingerprint density at radius 3 is 2.91 bits per heavy atom. The van der Waals surface area contributed by atoms with E-state index in [1.807, 2.05) is 19.1 Å². The number of fused-ring (bicyclic) bond motifs is 1. The third-order valence-electron chi connectivity index (χ3n) is 6.37. The minimum Gasteiger partial charge on any atom is -0.486 e. The number of aryl methyl sites for hydroxylation is 1. The van der Waals surface area contributed by atoms with Gasteiger partial charge < -0.3 is 26.8 Å². The molecule has 0 radical (unpaired) electrons. The fourth-order valence-electron chi connectivity index (χ4n) is 4.35. The number of ether oxygens (including phenoxy) is 1. The predicted molar refractivity (Wildman–Crippen MR) is 134 cm³/mol. The zero-order valence-corrected chi connectivity index (χ0v) is 20.2. The van der Waals surface area contributed by atoms with Crippen molar-refractivity contribution < 1.29 is 14.4 Å². The van der Waals surface area contributed by atoms with E-state index in [1.165, 1.54) is 11.3 Å². The van der Waals surface area contributed by atoms with Crippen LogP contribution in [0.3, 0.4) is 0 Å². The highest BCUT2D eigenvalue weighted by molar-refractivity contribution is 7.13. The first-order chi connectivity index (χ1) is 16.4. The van der Waals surface area contributed by atoms with Crippen LogP contribution in [0.2, 0.25) is 0 Å². The third kappa shape index (κ3) is 5.92. The number of amidine groups is 1. The number of nitrogens with two attached hydrogens (primary N) is 3. The van der Waals surface area contributed by atoms with Crippen LogP contribution in [0.4, 0.5) is 5.13 Å². The van der Waals surface area contributed by atoms with Gasteiger partial charge in [-0.3, -0.25) is 9.79 Å². The van der Waals surface area contributed by atoms with E-state index in [-0.39, 0.29) is 30.0 Å². The standard InChI is InChI=1S/C24H32N6O3S/c1-14(33-30-19(12-31)20-13-34-24(27)29-20)21-9-5-15-11-16(6-10-22(15)32-21)23(26)28-18-4-2-3-17(25)7-8-18/h6,10-14,17-18,21H,2-5,7-9,25H2,1H3,(H2,26,28)(H2,27,29)/b30-19+. The van der Waals surface area contributed by atoms with Crippen LogP contribution in [0, 0.1) is 0 Å². The molecule has 2 aromatic rings. The van der Waals surface area contributed by atoms with E-state index in [9.17, 15) is 4.79 Å². The molecule has 4 atom stereocenters. The first-order valence-electron chi connectivity index (χ1n) is 11.7. The number of benzene rings is 1. The summed E-state index contributed by atoms with van der Waals surface area (Å²) in [6, 6.07) is 6.47. The van der Waals surface area contributed by atoms with Crippen molar-refractivity contribution in [2.75, 3.05) is 5.73 Å². The lowest BCUT2D eigenvalue weighted by atomic mass is 9.97. The van der Waals surface area contributed by atoms with Crippen LogP contribution in [0.25, 0.3) is 0 Å². The van der Waals surface area contributed by atoms with Gasteiger partial charge in [0.25, 0.3) is 0 Å². The van der Waals surface area contributed by atoms with Gasteiger partial charge >= 0.3 is 0 Å². The molecule has 4 rings (SSSR count). The molecule has 10 heteroatoms. The topological polar surface area (TPSA) is 151 Å². The summed E-state index contributed by atoms with van der Waals surface area (Å²) >= 11 is 1.24. The molecule has 2 aliphatic rings. The number of aldehydes is 1. The molecule has 0 spiro atoms. The van der Waals surface area contributed by atoms with Crippen LogP contribution >= 0.6 is 11.3 Å². The highest BCUT2D eigenvalue weighted by Gasteiger charge is 2.27. The Kier molecular flexibility index (Phi) is 7.79. The van der Waals surface area contributed by atoms with E-state index in [1.54, 1.807) is 5.38 Å². The molecule has 1 aromatic carbocycles. The number of aliphatic imine (C=N–C) groups is 1. The molecule has 4 unspecified atom stereocenters. The average molecular weight is 485 g/mol. The molecule has 1 aliphatic heterocycles. The largest absolute Gasteiger partial charge is 0.486 e. The van der Waals surface area contributed by atoms with E-state index in [4.69, 9.17) is 31.8 Å². The smallest absolute Gasteiger partial charge is 0.180 e. The van der Waals surface area contributed by atoms with Crippen molar-refractivity contribution in [2.45, 2.75) is 76.2 Å².